The van der Waals surface area contributed by atoms with Crippen molar-refractivity contribution in [3.8, 4) is 0 Å². The van der Waals surface area contributed by atoms with Gasteiger partial charge in [0.1, 0.15) is 4.88 Å². The highest BCUT2D eigenvalue weighted by Crippen LogP contribution is 2.25. The zero-order valence-corrected chi connectivity index (χ0v) is 15.6. The number of carbonyl (C=O) groups excluding carboxylic acids is 2. The number of amides is 1. The molecular formula is C21H21NO3S. The van der Waals surface area contributed by atoms with Crippen molar-refractivity contribution in [1.29, 1.82) is 0 Å². The molecule has 1 atom stereocenters. The predicted molar refractivity (Wildman–Crippen MR) is 106 cm³/mol. The Labute approximate surface area is 156 Å². The van der Waals surface area contributed by atoms with Gasteiger partial charge in [0.25, 0.3) is 5.91 Å². The Morgan fingerprint density at radius 3 is 2.54 bits per heavy atom. The number of hydrogen-bond donors (Lipinski definition) is 1. The highest BCUT2D eigenvalue weighted by atomic mass is 32.1. The minimum absolute atomic E-state index is 0.305. The summed E-state index contributed by atoms with van der Waals surface area (Å²) in [6.07, 6.45) is 1.07. The van der Waals surface area contributed by atoms with Gasteiger partial charge in [-0.25, -0.2) is 4.79 Å². The van der Waals surface area contributed by atoms with E-state index >= 15 is 0 Å². The fourth-order valence-electron chi connectivity index (χ4n) is 2.61. The number of thiophene rings is 1. The van der Waals surface area contributed by atoms with Crippen molar-refractivity contribution in [3.63, 3.8) is 0 Å². The molecule has 26 heavy (non-hydrogen) atoms. The van der Waals surface area contributed by atoms with Crippen LogP contribution < -0.4 is 5.32 Å². The number of esters is 1. The van der Waals surface area contributed by atoms with Crippen LogP contribution in [0.1, 0.15) is 41.4 Å². The lowest BCUT2D eigenvalue weighted by molar-refractivity contribution is -0.119. The molecule has 0 saturated carbocycles. The molecule has 0 saturated heterocycles. The van der Waals surface area contributed by atoms with Gasteiger partial charge in [0.05, 0.1) is 0 Å². The summed E-state index contributed by atoms with van der Waals surface area (Å²) in [4.78, 5) is 24.6. The molecule has 1 N–H and O–H groups in total. The molecule has 0 aliphatic rings. The highest BCUT2D eigenvalue weighted by molar-refractivity contribution is 7.20. The molecule has 5 heteroatoms. The minimum Gasteiger partial charge on any atom is -0.451 e. The van der Waals surface area contributed by atoms with E-state index in [-0.39, 0.29) is 12.5 Å². The summed E-state index contributed by atoms with van der Waals surface area (Å²) in [5.41, 5.74) is 1.93. The first-order valence-corrected chi connectivity index (χ1v) is 9.44. The molecule has 4 nitrogen and oxygen atoms in total. The van der Waals surface area contributed by atoms with E-state index in [1.54, 1.807) is 6.07 Å². The second-order valence-corrected chi connectivity index (χ2v) is 7.29. The van der Waals surface area contributed by atoms with Crippen LogP contribution in [0.25, 0.3) is 10.1 Å². The lowest BCUT2D eigenvalue weighted by Gasteiger charge is -2.10. The topological polar surface area (TPSA) is 55.4 Å². The third-order valence-electron chi connectivity index (χ3n) is 4.34. The van der Waals surface area contributed by atoms with Crippen molar-refractivity contribution in [2.24, 2.45) is 0 Å². The Kier molecular flexibility index (Phi) is 5.68. The fraction of sp³-hybridized carbons (Fsp3) is 0.238. The Morgan fingerprint density at radius 1 is 1.12 bits per heavy atom. The van der Waals surface area contributed by atoms with Crippen LogP contribution in [0.3, 0.4) is 0 Å². The number of benzene rings is 2. The predicted octanol–water partition coefficient (Wildman–Crippen LogP) is 5.21. The molecule has 0 unspecified atom stereocenters. The molecule has 0 aliphatic heterocycles. The van der Waals surface area contributed by atoms with Gasteiger partial charge in [-0.1, -0.05) is 44.2 Å². The van der Waals surface area contributed by atoms with Crippen LogP contribution in [0.15, 0.2) is 54.6 Å². The largest absolute Gasteiger partial charge is 0.451 e. The van der Waals surface area contributed by atoms with Crippen LogP contribution in [0.5, 0.6) is 0 Å². The van der Waals surface area contributed by atoms with Crippen molar-refractivity contribution in [2.45, 2.75) is 26.2 Å². The van der Waals surface area contributed by atoms with E-state index in [1.807, 2.05) is 48.5 Å². The summed E-state index contributed by atoms with van der Waals surface area (Å²) >= 11 is 1.36. The summed E-state index contributed by atoms with van der Waals surface area (Å²) < 4.78 is 6.15. The lowest BCUT2D eigenvalue weighted by atomic mass is 9.99. The first kappa shape index (κ1) is 18.1. The SMILES string of the molecule is CC[C@@H](C)c1ccc(NC(=O)COC(=O)c2cc3ccccc3s2)cc1. The number of ether oxygens (including phenoxy) is 1. The average molecular weight is 367 g/mol. The summed E-state index contributed by atoms with van der Waals surface area (Å²) in [6, 6.07) is 17.3. The third-order valence-corrected chi connectivity index (χ3v) is 5.43. The standard InChI is InChI=1S/C21H21NO3S/c1-3-14(2)15-8-10-17(11-9-15)22-20(23)13-25-21(24)19-12-16-6-4-5-7-18(16)26-19/h4-12,14H,3,13H2,1-2H3,(H,22,23)/t14-/m1/s1. The highest BCUT2D eigenvalue weighted by Gasteiger charge is 2.13. The zero-order valence-electron chi connectivity index (χ0n) is 14.8. The maximum atomic E-state index is 12.1. The number of fused-ring (bicyclic) bond motifs is 1. The molecule has 0 aliphatic carbocycles. The second-order valence-electron chi connectivity index (χ2n) is 6.20. The summed E-state index contributed by atoms with van der Waals surface area (Å²) in [7, 11) is 0. The van der Waals surface area contributed by atoms with E-state index in [0.29, 0.717) is 16.5 Å². The fourth-order valence-corrected chi connectivity index (χ4v) is 3.57. The van der Waals surface area contributed by atoms with Crippen LogP contribution in [0.4, 0.5) is 5.69 Å². The van der Waals surface area contributed by atoms with Gasteiger partial charge in [-0.3, -0.25) is 4.79 Å². The molecule has 1 heterocycles. The Balaban J connectivity index is 1.54. The average Bonchev–Trinajstić information content (AvgIpc) is 3.10. The molecule has 0 radical (unpaired) electrons. The molecule has 0 spiro atoms. The van der Waals surface area contributed by atoms with Crippen molar-refractivity contribution in [3.05, 3.63) is 65.0 Å². The van der Waals surface area contributed by atoms with Gasteiger partial charge >= 0.3 is 5.97 Å². The number of rotatable bonds is 6. The Morgan fingerprint density at radius 2 is 1.85 bits per heavy atom. The van der Waals surface area contributed by atoms with E-state index in [2.05, 4.69) is 19.2 Å². The molecule has 1 aromatic heterocycles. The monoisotopic (exact) mass is 367 g/mol. The van der Waals surface area contributed by atoms with Gasteiger partial charge in [0, 0.05) is 10.4 Å². The van der Waals surface area contributed by atoms with Crippen molar-refractivity contribution < 1.29 is 14.3 Å². The number of carbonyl (C=O) groups is 2. The van der Waals surface area contributed by atoms with Gasteiger partial charge in [-0.2, -0.15) is 0 Å². The molecular weight excluding hydrogens is 346 g/mol. The van der Waals surface area contributed by atoms with Crippen molar-refractivity contribution >= 4 is 39.0 Å². The molecule has 3 aromatic rings. The van der Waals surface area contributed by atoms with E-state index < -0.39 is 5.97 Å². The lowest BCUT2D eigenvalue weighted by Crippen LogP contribution is -2.20. The number of nitrogens with one attached hydrogen (secondary N) is 1. The smallest absolute Gasteiger partial charge is 0.348 e. The van der Waals surface area contributed by atoms with Crippen LogP contribution >= 0.6 is 11.3 Å². The van der Waals surface area contributed by atoms with Crippen molar-refractivity contribution in [2.75, 3.05) is 11.9 Å². The van der Waals surface area contributed by atoms with Crippen LogP contribution in [-0.2, 0) is 9.53 Å². The van der Waals surface area contributed by atoms with E-state index in [0.717, 1.165) is 16.5 Å². The van der Waals surface area contributed by atoms with Crippen LogP contribution in [0.2, 0.25) is 0 Å². The molecule has 0 bridgehead atoms. The summed E-state index contributed by atoms with van der Waals surface area (Å²) in [5, 5.41) is 3.74. The Hall–Kier alpha value is -2.66. The van der Waals surface area contributed by atoms with Crippen LogP contribution in [0, 0.1) is 0 Å². The quantitative estimate of drug-likeness (QED) is 0.609. The van der Waals surface area contributed by atoms with Gasteiger partial charge < -0.3 is 10.1 Å². The summed E-state index contributed by atoms with van der Waals surface area (Å²) in [5.74, 6) is -0.341. The molecule has 2 aromatic carbocycles. The number of hydrogen-bond acceptors (Lipinski definition) is 4. The van der Waals surface area contributed by atoms with Crippen molar-refractivity contribution in [1.82, 2.24) is 0 Å². The molecule has 1 amide bonds. The van der Waals surface area contributed by atoms with E-state index in [4.69, 9.17) is 4.74 Å². The minimum atomic E-state index is -0.478. The maximum absolute atomic E-state index is 12.1. The molecule has 134 valence electrons. The zero-order chi connectivity index (χ0) is 18.5. The molecule has 3 rings (SSSR count). The van der Waals surface area contributed by atoms with E-state index in [9.17, 15) is 9.59 Å². The first-order valence-electron chi connectivity index (χ1n) is 8.62. The molecule has 0 fully saturated rings. The Bertz CT molecular complexity index is 881. The van der Waals surface area contributed by atoms with Gasteiger partial charge in [-0.05, 0) is 47.6 Å². The normalized spacial score (nSPS) is 11.9. The van der Waals surface area contributed by atoms with Gasteiger partial charge in [0.15, 0.2) is 6.61 Å². The van der Waals surface area contributed by atoms with E-state index in [1.165, 1.54) is 16.9 Å². The maximum Gasteiger partial charge on any atom is 0.348 e. The second kappa shape index (κ2) is 8.15. The number of anilines is 1. The third kappa shape index (κ3) is 4.29. The first-order chi connectivity index (χ1) is 12.6. The van der Waals surface area contributed by atoms with Crippen LogP contribution in [-0.4, -0.2) is 18.5 Å². The van der Waals surface area contributed by atoms with Gasteiger partial charge in [0.2, 0.25) is 0 Å². The summed E-state index contributed by atoms with van der Waals surface area (Å²) in [6.45, 7) is 4.01. The van der Waals surface area contributed by atoms with Gasteiger partial charge in [-0.15, -0.1) is 11.3 Å².